The molecule has 10 heteroatoms. The predicted octanol–water partition coefficient (Wildman–Crippen LogP) is 3.48. The third-order valence-corrected chi connectivity index (χ3v) is 7.52. The maximum Gasteiger partial charge on any atom is 0.317 e. The molecule has 3 N–H and O–H groups in total. The zero-order valence-electron chi connectivity index (χ0n) is 16.0. The molecule has 0 radical (unpaired) electrons. The van der Waals surface area contributed by atoms with Crippen LogP contribution in [0.1, 0.15) is 26.7 Å². The van der Waals surface area contributed by atoms with Gasteiger partial charge in [-0.05, 0) is 30.3 Å². The highest BCUT2D eigenvalue weighted by Gasteiger charge is 2.48. The number of aromatic nitrogens is 1. The molecule has 2 heterocycles. The Morgan fingerprint density at radius 2 is 1.87 bits per heavy atom. The summed E-state index contributed by atoms with van der Waals surface area (Å²) in [7, 11) is 1.37. The fraction of sp³-hybridized carbons (Fsp3) is 0.190. The fourth-order valence-corrected chi connectivity index (χ4v) is 6.15. The predicted molar refractivity (Wildman–Crippen MR) is 113 cm³/mol. The van der Waals surface area contributed by atoms with Crippen LogP contribution in [0.15, 0.2) is 52.3 Å². The highest BCUT2D eigenvalue weighted by atomic mass is 32.2. The molecule has 31 heavy (non-hydrogen) atoms. The van der Waals surface area contributed by atoms with E-state index in [1.807, 2.05) is 0 Å². The number of phenols is 1. The number of nitrogens with one attached hydrogen (secondary N) is 1. The van der Waals surface area contributed by atoms with Crippen LogP contribution < -0.4 is 9.61 Å². The van der Waals surface area contributed by atoms with Crippen molar-refractivity contribution in [3.05, 3.63) is 74.0 Å². The van der Waals surface area contributed by atoms with E-state index in [-0.39, 0.29) is 22.6 Å². The van der Waals surface area contributed by atoms with Gasteiger partial charge < -0.3 is 19.9 Å². The number of H-pyrrole nitrogens is 1. The molecule has 0 fully saturated rings. The van der Waals surface area contributed by atoms with E-state index in [0.717, 1.165) is 35.2 Å². The first kappa shape index (κ1) is 21.1. The molecule has 4 rings (SSSR count). The van der Waals surface area contributed by atoms with Crippen molar-refractivity contribution in [3.8, 4) is 11.5 Å². The van der Waals surface area contributed by atoms with E-state index in [4.69, 9.17) is 4.74 Å². The van der Waals surface area contributed by atoms with Gasteiger partial charge in [0.15, 0.2) is 17.3 Å². The summed E-state index contributed by atoms with van der Waals surface area (Å²) in [5.41, 5.74) is 0.403. The lowest BCUT2D eigenvalue weighted by Gasteiger charge is -2.34. The molecule has 0 saturated carbocycles. The van der Waals surface area contributed by atoms with Gasteiger partial charge in [-0.3, -0.25) is 14.4 Å². The van der Waals surface area contributed by atoms with Gasteiger partial charge in [0, 0.05) is 21.9 Å². The van der Waals surface area contributed by atoms with Crippen molar-refractivity contribution < 1.29 is 28.9 Å². The number of Topliss-reactive ketones (excluding diaryl/α,β-unsaturated/α-hetero) is 1. The molecule has 0 amide bonds. The second kappa shape index (κ2) is 8.20. The van der Waals surface area contributed by atoms with Crippen LogP contribution in [-0.4, -0.2) is 39.3 Å². The number of fused-ring (bicyclic) bond motifs is 1. The number of phenolic OH excluding ortho intramolecular Hbond substituents is 1. The van der Waals surface area contributed by atoms with Gasteiger partial charge in [0.2, 0.25) is 0 Å². The van der Waals surface area contributed by atoms with E-state index in [2.05, 4.69) is 4.98 Å². The first-order chi connectivity index (χ1) is 14.8. The number of ketones is 1. The number of thiazole rings is 1. The number of para-hydroxylation sites is 1. The Kier molecular flexibility index (Phi) is 5.59. The number of carbonyl (C=O) groups excluding carboxylic acids is 1. The maximum atomic E-state index is 13.5. The van der Waals surface area contributed by atoms with Crippen molar-refractivity contribution in [2.75, 3.05) is 7.11 Å². The molecule has 0 bridgehead atoms. The molecule has 1 aliphatic heterocycles. The molecule has 7 nitrogen and oxygen atoms in total. The van der Waals surface area contributed by atoms with Crippen molar-refractivity contribution >= 4 is 34.9 Å². The zero-order chi connectivity index (χ0) is 22.3. The average Bonchev–Trinajstić information content (AvgIpc) is 3.12. The fourth-order valence-electron chi connectivity index (χ4n) is 3.75. The molecule has 1 aliphatic rings. The summed E-state index contributed by atoms with van der Waals surface area (Å²) in [5.74, 6) is -4.47. The summed E-state index contributed by atoms with van der Waals surface area (Å²) in [6.07, 6.45) is 0. The van der Waals surface area contributed by atoms with Crippen LogP contribution in [0.4, 0.5) is 4.39 Å². The number of thioether (sulfide) groups is 1. The van der Waals surface area contributed by atoms with Crippen LogP contribution in [0.3, 0.4) is 0 Å². The minimum atomic E-state index is -1.24. The zero-order valence-corrected chi connectivity index (χ0v) is 17.6. The number of aromatic hydroxyl groups is 1. The Bertz CT molecular complexity index is 1220. The SMILES string of the molecule is COc1cccc([C@H]2c3sc(=O)[nH]c3S[C@H](C(=O)O)[C@@H]2C(=O)c2ccc(F)cc2)c1O. The van der Waals surface area contributed by atoms with Crippen LogP contribution in [0.5, 0.6) is 11.5 Å². The Labute approximate surface area is 183 Å². The highest BCUT2D eigenvalue weighted by molar-refractivity contribution is 8.00. The molecule has 3 atom stereocenters. The van der Waals surface area contributed by atoms with Gasteiger partial charge in [-0.2, -0.15) is 0 Å². The van der Waals surface area contributed by atoms with Crippen LogP contribution >= 0.6 is 23.1 Å². The summed E-state index contributed by atoms with van der Waals surface area (Å²) >= 11 is 1.74. The summed E-state index contributed by atoms with van der Waals surface area (Å²) in [4.78, 5) is 40.4. The van der Waals surface area contributed by atoms with E-state index in [1.165, 1.54) is 25.3 Å². The molecule has 160 valence electrons. The third kappa shape index (κ3) is 3.72. The average molecular weight is 461 g/mol. The van der Waals surface area contributed by atoms with Gasteiger partial charge >= 0.3 is 10.8 Å². The number of halogens is 1. The smallest absolute Gasteiger partial charge is 0.317 e. The van der Waals surface area contributed by atoms with Crippen molar-refractivity contribution in [2.45, 2.75) is 16.2 Å². The van der Waals surface area contributed by atoms with Gasteiger partial charge in [-0.1, -0.05) is 35.2 Å². The monoisotopic (exact) mass is 461 g/mol. The number of methoxy groups -OCH3 is 1. The van der Waals surface area contributed by atoms with Crippen molar-refractivity contribution in [3.63, 3.8) is 0 Å². The van der Waals surface area contributed by atoms with Gasteiger partial charge in [-0.15, -0.1) is 0 Å². The second-order valence-corrected chi connectivity index (χ2v) is 9.02. The Morgan fingerprint density at radius 1 is 1.16 bits per heavy atom. The van der Waals surface area contributed by atoms with Gasteiger partial charge in [0.25, 0.3) is 0 Å². The Balaban J connectivity index is 1.95. The van der Waals surface area contributed by atoms with E-state index < -0.39 is 39.5 Å². The molecule has 1 aromatic heterocycles. The topological polar surface area (TPSA) is 117 Å². The van der Waals surface area contributed by atoms with Crippen LogP contribution in [-0.2, 0) is 4.79 Å². The van der Waals surface area contributed by atoms with E-state index in [1.54, 1.807) is 12.1 Å². The van der Waals surface area contributed by atoms with Crippen molar-refractivity contribution in [1.29, 1.82) is 0 Å². The summed E-state index contributed by atoms with van der Waals surface area (Å²) < 4.78 is 18.6. The molecule has 0 spiro atoms. The van der Waals surface area contributed by atoms with Crippen LogP contribution in [0, 0.1) is 11.7 Å². The second-order valence-electron chi connectivity index (χ2n) is 6.86. The number of aromatic amines is 1. The van der Waals surface area contributed by atoms with E-state index >= 15 is 0 Å². The first-order valence-corrected chi connectivity index (χ1v) is 10.8. The van der Waals surface area contributed by atoms with Crippen LogP contribution in [0.2, 0.25) is 0 Å². The van der Waals surface area contributed by atoms with Gasteiger partial charge in [-0.25, -0.2) is 4.39 Å². The minimum absolute atomic E-state index is 0.136. The summed E-state index contributed by atoms with van der Waals surface area (Å²) in [6.45, 7) is 0. The molecule has 0 aliphatic carbocycles. The van der Waals surface area contributed by atoms with Crippen molar-refractivity contribution in [2.24, 2.45) is 5.92 Å². The highest BCUT2D eigenvalue weighted by Crippen LogP contribution is 2.52. The molecule has 0 saturated heterocycles. The lowest BCUT2D eigenvalue weighted by atomic mass is 9.77. The lowest BCUT2D eigenvalue weighted by molar-refractivity contribution is -0.137. The van der Waals surface area contributed by atoms with Gasteiger partial charge in [0.1, 0.15) is 11.1 Å². The largest absolute Gasteiger partial charge is 0.504 e. The molecular formula is C21H16FNO6S2. The Morgan fingerprint density at radius 3 is 2.52 bits per heavy atom. The summed E-state index contributed by atoms with van der Waals surface area (Å²) in [5, 5.41) is 19.8. The number of aliphatic carboxylic acids is 1. The maximum absolute atomic E-state index is 13.5. The normalized spacial score (nSPS) is 20.1. The lowest BCUT2D eigenvalue weighted by Crippen LogP contribution is -2.39. The van der Waals surface area contributed by atoms with Crippen LogP contribution in [0.25, 0.3) is 0 Å². The summed E-state index contributed by atoms with van der Waals surface area (Å²) in [6, 6.07) is 9.53. The molecule has 3 aromatic rings. The van der Waals surface area contributed by atoms with E-state index in [0.29, 0.717) is 9.90 Å². The quantitative estimate of drug-likeness (QED) is 0.498. The number of benzene rings is 2. The number of carboxylic acids is 1. The standard InChI is InChI=1S/C21H16FNO6S2/c1-29-12-4-2-3-11(16(12)25)13-14(15(24)9-5-7-10(22)8-6-9)18(20(26)27)30-19-17(13)31-21(28)23-19/h2-8,13-14,18,25H,1H3,(H,23,28)(H,26,27)/t13-,14+,18+/m1/s1. The first-order valence-electron chi connectivity index (χ1n) is 9.10. The number of carbonyl (C=O) groups is 2. The molecule has 2 aromatic carbocycles. The van der Waals surface area contributed by atoms with Gasteiger partial charge in [0.05, 0.1) is 18.1 Å². The molecule has 0 unspecified atom stereocenters. The van der Waals surface area contributed by atoms with E-state index in [9.17, 15) is 29.0 Å². The number of hydrogen-bond donors (Lipinski definition) is 3. The third-order valence-electron chi connectivity index (χ3n) is 5.11. The van der Waals surface area contributed by atoms with Crippen molar-refractivity contribution in [1.82, 2.24) is 4.98 Å². The number of rotatable bonds is 5. The minimum Gasteiger partial charge on any atom is -0.504 e. The number of hydrogen-bond acceptors (Lipinski definition) is 7. The number of carboxylic acid groups (broad SMARTS) is 1. The Hall–Kier alpha value is -3.11. The molecular weight excluding hydrogens is 445 g/mol. The number of ether oxygens (including phenoxy) is 1.